The van der Waals surface area contributed by atoms with Crippen LogP contribution in [-0.2, 0) is 19.3 Å². The standard InChI is InChI=1S/C20H20N2O/c21-10-9-16-13-22(19-8-4-3-7-18(16)19)20(23)17-11-14-5-1-2-6-15(14)12-17/h1-8,13,17H,9-12,21H2. The van der Waals surface area contributed by atoms with Gasteiger partial charge >= 0.3 is 0 Å². The number of fused-ring (bicyclic) bond motifs is 2. The molecule has 0 atom stereocenters. The van der Waals surface area contributed by atoms with Crippen LogP contribution in [0.3, 0.4) is 0 Å². The van der Waals surface area contributed by atoms with Crippen molar-refractivity contribution in [1.82, 2.24) is 4.57 Å². The fourth-order valence-electron chi connectivity index (χ4n) is 3.72. The largest absolute Gasteiger partial charge is 0.330 e. The minimum atomic E-state index is 0.0360. The van der Waals surface area contributed by atoms with Crippen molar-refractivity contribution < 1.29 is 4.79 Å². The maximum atomic E-state index is 13.1. The van der Waals surface area contributed by atoms with E-state index in [1.165, 1.54) is 11.1 Å². The second kappa shape index (κ2) is 5.67. The molecule has 1 aliphatic carbocycles. The fraction of sp³-hybridized carbons (Fsp3) is 0.250. The minimum absolute atomic E-state index is 0.0360. The number of rotatable bonds is 3. The molecule has 23 heavy (non-hydrogen) atoms. The van der Waals surface area contributed by atoms with Crippen molar-refractivity contribution in [2.45, 2.75) is 19.3 Å². The molecule has 3 aromatic rings. The van der Waals surface area contributed by atoms with E-state index in [0.717, 1.165) is 35.7 Å². The molecule has 3 heteroatoms. The van der Waals surface area contributed by atoms with Crippen molar-refractivity contribution in [3.05, 3.63) is 71.4 Å². The number of aromatic nitrogens is 1. The topological polar surface area (TPSA) is 48.0 Å². The van der Waals surface area contributed by atoms with Gasteiger partial charge in [-0.15, -0.1) is 0 Å². The second-order valence-electron chi connectivity index (χ2n) is 6.29. The molecule has 1 aliphatic rings. The van der Waals surface area contributed by atoms with Crippen LogP contribution in [0.1, 0.15) is 21.5 Å². The van der Waals surface area contributed by atoms with Crippen LogP contribution >= 0.6 is 0 Å². The van der Waals surface area contributed by atoms with Gasteiger partial charge in [0.15, 0.2) is 0 Å². The molecule has 0 spiro atoms. The number of hydrogen-bond acceptors (Lipinski definition) is 2. The zero-order chi connectivity index (χ0) is 15.8. The number of benzene rings is 2. The lowest BCUT2D eigenvalue weighted by Gasteiger charge is -2.10. The zero-order valence-corrected chi connectivity index (χ0v) is 13.0. The van der Waals surface area contributed by atoms with Crippen LogP contribution in [0.2, 0.25) is 0 Å². The molecule has 0 radical (unpaired) electrons. The van der Waals surface area contributed by atoms with E-state index < -0.39 is 0 Å². The second-order valence-corrected chi connectivity index (χ2v) is 6.29. The Morgan fingerprint density at radius 2 is 1.70 bits per heavy atom. The molecular weight excluding hydrogens is 284 g/mol. The van der Waals surface area contributed by atoms with Crippen LogP contribution < -0.4 is 5.73 Å². The van der Waals surface area contributed by atoms with E-state index in [1.54, 1.807) is 0 Å². The summed E-state index contributed by atoms with van der Waals surface area (Å²) >= 11 is 0. The molecule has 1 aromatic heterocycles. The normalized spacial score (nSPS) is 14.3. The summed E-state index contributed by atoms with van der Waals surface area (Å²) in [6, 6.07) is 16.5. The number of para-hydroxylation sites is 1. The predicted octanol–water partition coefficient (Wildman–Crippen LogP) is 3.20. The van der Waals surface area contributed by atoms with Crippen molar-refractivity contribution in [2.24, 2.45) is 11.7 Å². The molecule has 0 bridgehead atoms. The Balaban J connectivity index is 1.71. The van der Waals surface area contributed by atoms with Crippen LogP contribution in [0.5, 0.6) is 0 Å². The Hall–Kier alpha value is -2.39. The summed E-state index contributed by atoms with van der Waals surface area (Å²) in [6.45, 7) is 0.594. The van der Waals surface area contributed by atoms with Crippen LogP contribution in [-0.4, -0.2) is 17.0 Å². The Kier molecular flexibility index (Phi) is 3.50. The van der Waals surface area contributed by atoms with E-state index in [1.807, 2.05) is 29.0 Å². The molecule has 2 N–H and O–H groups in total. The van der Waals surface area contributed by atoms with Crippen LogP contribution in [0.25, 0.3) is 10.9 Å². The highest BCUT2D eigenvalue weighted by atomic mass is 16.2. The summed E-state index contributed by atoms with van der Waals surface area (Å²) < 4.78 is 1.84. The average molecular weight is 304 g/mol. The molecule has 4 rings (SSSR count). The van der Waals surface area contributed by atoms with Gasteiger partial charge in [0.2, 0.25) is 5.91 Å². The SMILES string of the molecule is NCCc1cn(C(=O)C2Cc3ccccc3C2)c2ccccc12. The van der Waals surface area contributed by atoms with Crippen molar-refractivity contribution >= 4 is 16.8 Å². The van der Waals surface area contributed by atoms with Gasteiger partial charge in [-0.25, -0.2) is 0 Å². The van der Waals surface area contributed by atoms with Gasteiger partial charge in [0.05, 0.1) is 5.52 Å². The van der Waals surface area contributed by atoms with E-state index in [4.69, 9.17) is 5.73 Å². The summed E-state index contributed by atoms with van der Waals surface area (Å²) in [7, 11) is 0. The molecular formula is C20H20N2O. The number of hydrogen-bond donors (Lipinski definition) is 1. The van der Waals surface area contributed by atoms with Crippen LogP contribution in [0.4, 0.5) is 0 Å². The maximum absolute atomic E-state index is 13.1. The van der Waals surface area contributed by atoms with Crippen molar-refractivity contribution in [1.29, 1.82) is 0 Å². The molecule has 0 saturated heterocycles. The molecule has 116 valence electrons. The third-order valence-corrected chi connectivity index (χ3v) is 4.85. The summed E-state index contributed by atoms with van der Waals surface area (Å²) in [6.07, 6.45) is 4.47. The highest BCUT2D eigenvalue weighted by molar-refractivity contribution is 5.95. The number of nitrogens with zero attached hydrogens (tertiary/aromatic N) is 1. The molecule has 0 aliphatic heterocycles. The molecule has 1 heterocycles. The quantitative estimate of drug-likeness (QED) is 0.808. The van der Waals surface area contributed by atoms with E-state index in [2.05, 4.69) is 30.3 Å². The van der Waals surface area contributed by atoms with Crippen molar-refractivity contribution in [3.8, 4) is 0 Å². The van der Waals surface area contributed by atoms with Gasteiger partial charge in [0, 0.05) is 17.5 Å². The van der Waals surface area contributed by atoms with E-state index in [9.17, 15) is 4.79 Å². The average Bonchev–Trinajstić information content (AvgIpc) is 3.17. The Morgan fingerprint density at radius 1 is 1.04 bits per heavy atom. The van der Waals surface area contributed by atoms with E-state index >= 15 is 0 Å². The lowest BCUT2D eigenvalue weighted by molar-refractivity contribution is 0.0844. The maximum Gasteiger partial charge on any atom is 0.234 e. The van der Waals surface area contributed by atoms with Crippen LogP contribution in [0.15, 0.2) is 54.7 Å². The molecule has 0 fully saturated rings. The van der Waals surface area contributed by atoms with E-state index in [0.29, 0.717) is 6.54 Å². The summed E-state index contributed by atoms with van der Waals surface area (Å²) in [4.78, 5) is 13.1. The Labute approximate surface area is 135 Å². The number of carbonyl (C=O) groups excluding carboxylic acids is 1. The summed E-state index contributed by atoms with van der Waals surface area (Å²) in [5.74, 6) is 0.231. The molecule has 0 amide bonds. The van der Waals surface area contributed by atoms with Crippen molar-refractivity contribution in [2.75, 3.05) is 6.54 Å². The first-order valence-electron chi connectivity index (χ1n) is 8.18. The zero-order valence-electron chi connectivity index (χ0n) is 13.0. The lowest BCUT2D eigenvalue weighted by Crippen LogP contribution is -2.21. The number of nitrogens with two attached hydrogens (primary N) is 1. The van der Waals surface area contributed by atoms with Gasteiger partial charge < -0.3 is 5.73 Å². The monoisotopic (exact) mass is 304 g/mol. The van der Waals surface area contributed by atoms with Gasteiger partial charge in [-0.3, -0.25) is 9.36 Å². The van der Waals surface area contributed by atoms with Gasteiger partial charge in [0.1, 0.15) is 0 Å². The first-order valence-corrected chi connectivity index (χ1v) is 8.18. The minimum Gasteiger partial charge on any atom is -0.330 e. The number of carbonyl (C=O) groups is 1. The molecule has 2 aromatic carbocycles. The smallest absolute Gasteiger partial charge is 0.234 e. The fourth-order valence-corrected chi connectivity index (χ4v) is 3.72. The van der Waals surface area contributed by atoms with Crippen molar-refractivity contribution in [3.63, 3.8) is 0 Å². The van der Waals surface area contributed by atoms with Gasteiger partial charge in [-0.2, -0.15) is 0 Å². The first-order chi connectivity index (χ1) is 11.3. The van der Waals surface area contributed by atoms with E-state index in [-0.39, 0.29) is 11.8 Å². The summed E-state index contributed by atoms with van der Waals surface area (Å²) in [5.41, 5.74) is 10.5. The van der Waals surface area contributed by atoms with Gasteiger partial charge in [-0.05, 0) is 48.6 Å². The summed E-state index contributed by atoms with van der Waals surface area (Å²) in [5, 5.41) is 1.14. The predicted molar refractivity (Wildman–Crippen MR) is 92.7 cm³/mol. The third-order valence-electron chi connectivity index (χ3n) is 4.85. The first kappa shape index (κ1) is 14.2. The molecule has 3 nitrogen and oxygen atoms in total. The molecule has 0 unspecified atom stereocenters. The lowest BCUT2D eigenvalue weighted by atomic mass is 10.1. The highest BCUT2D eigenvalue weighted by Gasteiger charge is 2.29. The van der Waals surface area contributed by atoms with Gasteiger partial charge in [-0.1, -0.05) is 42.5 Å². The van der Waals surface area contributed by atoms with Gasteiger partial charge in [0.25, 0.3) is 0 Å². The third kappa shape index (κ3) is 2.37. The highest BCUT2D eigenvalue weighted by Crippen LogP contribution is 2.30. The van der Waals surface area contributed by atoms with Crippen LogP contribution in [0, 0.1) is 5.92 Å². The Morgan fingerprint density at radius 3 is 2.39 bits per heavy atom. The molecule has 0 saturated carbocycles. The Bertz CT molecular complexity index is 853.